The van der Waals surface area contributed by atoms with Crippen LogP contribution in [0.25, 0.3) is 0 Å². The quantitative estimate of drug-likeness (QED) is 0.874. The van der Waals surface area contributed by atoms with Crippen molar-refractivity contribution in [2.75, 3.05) is 31.6 Å². The van der Waals surface area contributed by atoms with E-state index in [0.29, 0.717) is 12.1 Å². The first-order chi connectivity index (χ1) is 8.99. The SMILES string of the molecule is Cc1cc(N2CCCN(C)C(=O)C2)ccc1C(=O)O. The lowest BCUT2D eigenvalue weighted by atomic mass is 10.1. The van der Waals surface area contributed by atoms with E-state index < -0.39 is 5.97 Å². The molecule has 1 aliphatic heterocycles. The highest BCUT2D eigenvalue weighted by Gasteiger charge is 2.19. The van der Waals surface area contributed by atoms with Crippen molar-refractivity contribution in [3.05, 3.63) is 29.3 Å². The van der Waals surface area contributed by atoms with E-state index in [0.717, 1.165) is 30.8 Å². The molecule has 1 aliphatic rings. The number of carbonyl (C=O) groups excluding carboxylic acids is 1. The highest BCUT2D eigenvalue weighted by atomic mass is 16.4. The Morgan fingerprint density at radius 2 is 2.05 bits per heavy atom. The first kappa shape index (κ1) is 13.4. The van der Waals surface area contributed by atoms with E-state index in [-0.39, 0.29) is 5.91 Å². The number of carboxylic acid groups (broad SMARTS) is 1. The lowest BCUT2D eigenvalue weighted by Gasteiger charge is -2.22. The standard InChI is InChI=1S/C14H18N2O3/c1-10-8-11(4-5-12(10)14(18)19)16-7-3-6-15(2)13(17)9-16/h4-5,8H,3,6-7,9H2,1-2H3,(H,18,19). The second-order valence-electron chi connectivity index (χ2n) is 4.89. The summed E-state index contributed by atoms with van der Waals surface area (Å²) < 4.78 is 0. The van der Waals surface area contributed by atoms with Crippen LogP contribution >= 0.6 is 0 Å². The highest BCUT2D eigenvalue weighted by Crippen LogP contribution is 2.21. The molecule has 1 fully saturated rings. The molecule has 2 rings (SSSR count). The smallest absolute Gasteiger partial charge is 0.335 e. The van der Waals surface area contributed by atoms with Gasteiger partial charge in [0, 0.05) is 25.8 Å². The molecule has 0 aliphatic carbocycles. The summed E-state index contributed by atoms with van der Waals surface area (Å²) in [5.41, 5.74) is 1.93. The van der Waals surface area contributed by atoms with Crippen molar-refractivity contribution in [2.24, 2.45) is 0 Å². The topological polar surface area (TPSA) is 60.9 Å². The average Bonchev–Trinajstić information content (AvgIpc) is 2.51. The van der Waals surface area contributed by atoms with Crippen LogP contribution in [-0.2, 0) is 4.79 Å². The molecule has 0 spiro atoms. The van der Waals surface area contributed by atoms with Crippen LogP contribution in [0.3, 0.4) is 0 Å². The van der Waals surface area contributed by atoms with E-state index in [4.69, 9.17) is 5.11 Å². The van der Waals surface area contributed by atoms with E-state index in [1.54, 1.807) is 24.0 Å². The molecule has 1 aromatic rings. The Hall–Kier alpha value is -2.04. The predicted octanol–water partition coefficient (Wildman–Crippen LogP) is 1.36. The summed E-state index contributed by atoms with van der Waals surface area (Å²) in [5, 5.41) is 9.01. The number of aromatic carboxylic acids is 1. The number of hydrogen-bond donors (Lipinski definition) is 1. The largest absolute Gasteiger partial charge is 0.478 e. The van der Waals surface area contributed by atoms with E-state index >= 15 is 0 Å². The molecule has 0 atom stereocenters. The van der Waals surface area contributed by atoms with Crippen molar-refractivity contribution in [3.8, 4) is 0 Å². The third kappa shape index (κ3) is 2.86. The first-order valence-electron chi connectivity index (χ1n) is 6.32. The Morgan fingerprint density at radius 1 is 1.32 bits per heavy atom. The Balaban J connectivity index is 2.24. The molecule has 1 N–H and O–H groups in total. The number of amides is 1. The minimum atomic E-state index is -0.921. The molecular formula is C14H18N2O3. The minimum Gasteiger partial charge on any atom is -0.478 e. The fraction of sp³-hybridized carbons (Fsp3) is 0.429. The summed E-state index contributed by atoms with van der Waals surface area (Å²) in [7, 11) is 1.81. The van der Waals surface area contributed by atoms with Crippen molar-refractivity contribution < 1.29 is 14.7 Å². The number of benzene rings is 1. The fourth-order valence-electron chi connectivity index (χ4n) is 2.29. The molecule has 1 heterocycles. The zero-order valence-corrected chi connectivity index (χ0v) is 11.2. The summed E-state index contributed by atoms with van der Waals surface area (Å²) in [5.74, 6) is -0.826. The summed E-state index contributed by atoms with van der Waals surface area (Å²) >= 11 is 0. The maximum absolute atomic E-state index is 11.8. The van der Waals surface area contributed by atoms with Crippen molar-refractivity contribution in [1.82, 2.24) is 4.90 Å². The molecule has 1 amide bonds. The van der Waals surface area contributed by atoms with Gasteiger partial charge in [0.25, 0.3) is 0 Å². The lowest BCUT2D eigenvalue weighted by Crippen LogP contribution is -2.34. The van der Waals surface area contributed by atoms with Crippen molar-refractivity contribution >= 4 is 17.6 Å². The van der Waals surface area contributed by atoms with Crippen LogP contribution in [0.2, 0.25) is 0 Å². The van der Waals surface area contributed by atoms with Gasteiger partial charge in [0.1, 0.15) is 0 Å². The third-order valence-corrected chi connectivity index (χ3v) is 3.48. The highest BCUT2D eigenvalue weighted by molar-refractivity contribution is 5.90. The normalized spacial score (nSPS) is 16.4. The zero-order chi connectivity index (χ0) is 14.0. The van der Waals surface area contributed by atoms with Crippen LogP contribution in [-0.4, -0.2) is 48.6 Å². The maximum Gasteiger partial charge on any atom is 0.335 e. The maximum atomic E-state index is 11.8. The molecule has 0 radical (unpaired) electrons. The second-order valence-corrected chi connectivity index (χ2v) is 4.89. The summed E-state index contributed by atoms with van der Waals surface area (Å²) in [4.78, 5) is 26.6. The van der Waals surface area contributed by atoms with Crippen LogP contribution in [0.5, 0.6) is 0 Å². The number of nitrogens with zero attached hydrogens (tertiary/aromatic N) is 2. The van der Waals surface area contributed by atoms with Gasteiger partial charge in [-0.15, -0.1) is 0 Å². The molecule has 1 aromatic carbocycles. The molecule has 0 unspecified atom stereocenters. The van der Waals surface area contributed by atoms with Gasteiger partial charge in [0.05, 0.1) is 12.1 Å². The molecule has 5 nitrogen and oxygen atoms in total. The molecule has 0 aromatic heterocycles. The van der Waals surface area contributed by atoms with Gasteiger partial charge < -0.3 is 14.9 Å². The third-order valence-electron chi connectivity index (χ3n) is 3.48. The zero-order valence-electron chi connectivity index (χ0n) is 11.2. The Morgan fingerprint density at radius 3 is 2.68 bits per heavy atom. The van der Waals surface area contributed by atoms with Gasteiger partial charge in [0.15, 0.2) is 0 Å². The van der Waals surface area contributed by atoms with Crippen LogP contribution in [0.1, 0.15) is 22.3 Å². The number of rotatable bonds is 2. The summed E-state index contributed by atoms with van der Waals surface area (Å²) in [6.45, 7) is 3.70. The van der Waals surface area contributed by atoms with E-state index in [2.05, 4.69) is 0 Å². The van der Waals surface area contributed by atoms with Crippen LogP contribution in [0, 0.1) is 6.92 Å². The van der Waals surface area contributed by atoms with E-state index in [1.807, 2.05) is 18.0 Å². The van der Waals surface area contributed by atoms with Gasteiger partial charge in [-0.05, 0) is 37.1 Å². The van der Waals surface area contributed by atoms with Gasteiger partial charge in [-0.25, -0.2) is 4.79 Å². The Bertz CT molecular complexity index is 513. The van der Waals surface area contributed by atoms with Gasteiger partial charge in [0.2, 0.25) is 5.91 Å². The number of hydrogen-bond acceptors (Lipinski definition) is 3. The second kappa shape index (κ2) is 5.30. The van der Waals surface area contributed by atoms with Crippen LogP contribution in [0.4, 0.5) is 5.69 Å². The number of carbonyl (C=O) groups is 2. The van der Waals surface area contributed by atoms with Crippen LogP contribution in [0.15, 0.2) is 18.2 Å². The monoisotopic (exact) mass is 262 g/mol. The van der Waals surface area contributed by atoms with Crippen molar-refractivity contribution in [2.45, 2.75) is 13.3 Å². The molecule has 0 bridgehead atoms. The van der Waals surface area contributed by atoms with Gasteiger partial charge in [-0.1, -0.05) is 0 Å². The number of anilines is 1. The van der Waals surface area contributed by atoms with Gasteiger partial charge in [-0.2, -0.15) is 0 Å². The van der Waals surface area contributed by atoms with Crippen LogP contribution < -0.4 is 4.90 Å². The molecule has 1 saturated heterocycles. The molecule has 102 valence electrons. The fourth-order valence-corrected chi connectivity index (χ4v) is 2.29. The van der Waals surface area contributed by atoms with E-state index in [1.165, 1.54) is 0 Å². The predicted molar refractivity (Wildman–Crippen MR) is 72.6 cm³/mol. The Labute approximate surface area is 112 Å². The number of aryl methyl sites for hydroxylation is 1. The number of carboxylic acids is 1. The average molecular weight is 262 g/mol. The van der Waals surface area contributed by atoms with E-state index in [9.17, 15) is 9.59 Å². The molecule has 0 saturated carbocycles. The minimum absolute atomic E-state index is 0.0949. The Kier molecular flexibility index (Phi) is 3.74. The molecule has 19 heavy (non-hydrogen) atoms. The van der Waals surface area contributed by atoms with Gasteiger partial charge >= 0.3 is 5.97 Å². The number of likely N-dealkylation sites (N-methyl/N-ethyl adjacent to an activating group) is 1. The van der Waals surface area contributed by atoms with Gasteiger partial charge in [-0.3, -0.25) is 4.79 Å². The van der Waals surface area contributed by atoms with Crippen molar-refractivity contribution in [3.63, 3.8) is 0 Å². The first-order valence-corrected chi connectivity index (χ1v) is 6.32. The lowest BCUT2D eigenvalue weighted by molar-refractivity contribution is -0.127. The molecular weight excluding hydrogens is 244 g/mol. The summed E-state index contributed by atoms with van der Waals surface area (Å²) in [6, 6.07) is 5.21. The molecule has 5 heteroatoms. The van der Waals surface area contributed by atoms with Crippen molar-refractivity contribution in [1.29, 1.82) is 0 Å². The summed E-state index contributed by atoms with van der Waals surface area (Å²) in [6.07, 6.45) is 0.919.